The van der Waals surface area contributed by atoms with Crippen LogP contribution in [0.2, 0.25) is 0 Å². The van der Waals surface area contributed by atoms with Crippen LogP contribution in [0.5, 0.6) is 0 Å². The fourth-order valence-electron chi connectivity index (χ4n) is 2.98. The summed E-state index contributed by atoms with van der Waals surface area (Å²) < 4.78 is 25.1. The first-order valence-electron chi connectivity index (χ1n) is 8.92. The van der Waals surface area contributed by atoms with Crippen molar-refractivity contribution < 1.29 is 8.42 Å². The Balaban J connectivity index is 2.00. The van der Waals surface area contributed by atoms with E-state index in [1.807, 2.05) is 62.4 Å². The van der Waals surface area contributed by atoms with Gasteiger partial charge in [0, 0.05) is 0 Å². The molecule has 5 heteroatoms. The van der Waals surface area contributed by atoms with E-state index >= 15 is 0 Å². The zero-order valence-corrected chi connectivity index (χ0v) is 16.5. The monoisotopic (exact) mass is 380 g/mol. The molecule has 2 unspecified atom stereocenters. The third-order valence-corrected chi connectivity index (χ3v) is 6.30. The van der Waals surface area contributed by atoms with Gasteiger partial charge in [-0.15, -0.1) is 0 Å². The molecule has 0 aromatic heterocycles. The van der Waals surface area contributed by atoms with Crippen LogP contribution in [0.25, 0.3) is 0 Å². The van der Waals surface area contributed by atoms with Crippen LogP contribution in [0.1, 0.15) is 22.3 Å². The van der Waals surface area contributed by atoms with Crippen LogP contribution in [0.15, 0.2) is 48.5 Å². The Morgan fingerprint density at radius 2 is 1.07 bits per heavy atom. The molecule has 0 bridgehead atoms. The number of aryl methyl sites for hydroxylation is 2. The Labute approximate surface area is 162 Å². The van der Waals surface area contributed by atoms with Gasteiger partial charge in [0.15, 0.2) is 9.84 Å². The first-order valence-corrected chi connectivity index (χ1v) is 10.7. The third kappa shape index (κ3) is 6.89. The summed E-state index contributed by atoms with van der Waals surface area (Å²) in [4.78, 5) is 0. The summed E-state index contributed by atoms with van der Waals surface area (Å²) in [5.74, 6) is -1.67. The van der Waals surface area contributed by atoms with Crippen molar-refractivity contribution in [2.24, 2.45) is 11.8 Å². The summed E-state index contributed by atoms with van der Waals surface area (Å²) in [5.41, 5.74) is 4.12. The highest BCUT2D eigenvalue weighted by atomic mass is 32.2. The van der Waals surface area contributed by atoms with Crippen molar-refractivity contribution in [1.29, 1.82) is 10.5 Å². The number of sulfone groups is 1. The van der Waals surface area contributed by atoms with Gasteiger partial charge in [0.2, 0.25) is 0 Å². The smallest absolute Gasteiger partial charge is 0.152 e. The van der Waals surface area contributed by atoms with E-state index in [9.17, 15) is 18.9 Å². The summed E-state index contributed by atoms with van der Waals surface area (Å²) in [6.45, 7) is 3.96. The molecule has 0 amide bonds. The molecule has 4 nitrogen and oxygen atoms in total. The molecule has 0 spiro atoms. The van der Waals surface area contributed by atoms with Gasteiger partial charge in [-0.1, -0.05) is 59.7 Å². The Bertz CT molecular complexity index is 860. The second kappa shape index (κ2) is 9.35. The van der Waals surface area contributed by atoms with Crippen LogP contribution in [-0.2, 0) is 22.7 Å². The molecule has 0 saturated carbocycles. The van der Waals surface area contributed by atoms with Gasteiger partial charge in [-0.25, -0.2) is 8.42 Å². The van der Waals surface area contributed by atoms with Crippen LogP contribution in [0.4, 0.5) is 0 Å². The highest BCUT2D eigenvalue weighted by Crippen LogP contribution is 2.16. The summed E-state index contributed by atoms with van der Waals surface area (Å²) in [6, 6.07) is 19.7. The molecule has 0 radical (unpaired) electrons. The van der Waals surface area contributed by atoms with Gasteiger partial charge in [0.05, 0.1) is 35.5 Å². The van der Waals surface area contributed by atoms with Crippen LogP contribution in [0, 0.1) is 48.3 Å². The minimum absolute atomic E-state index is 0.219. The SMILES string of the molecule is Cc1ccc(CC(C#N)CS(=O)(=O)CC(C#N)Cc2ccc(C)cc2)cc1. The fraction of sp³-hybridized carbons (Fsp3) is 0.364. The topological polar surface area (TPSA) is 81.7 Å². The molecule has 0 saturated heterocycles. The normalized spacial score (nSPS) is 13.3. The lowest BCUT2D eigenvalue weighted by Crippen LogP contribution is -2.24. The van der Waals surface area contributed by atoms with Gasteiger partial charge in [-0.05, 0) is 37.8 Å². The Kier molecular flexibility index (Phi) is 7.16. The van der Waals surface area contributed by atoms with Crippen LogP contribution >= 0.6 is 0 Å². The molecule has 0 aliphatic carbocycles. The second-order valence-corrected chi connectivity index (χ2v) is 9.26. The molecule has 0 aliphatic rings. The predicted octanol–water partition coefficient (Wildman–Crippen LogP) is 3.78. The molecule has 140 valence electrons. The molecule has 2 atom stereocenters. The van der Waals surface area contributed by atoms with Crippen LogP contribution < -0.4 is 0 Å². The molecule has 2 aromatic carbocycles. The van der Waals surface area contributed by atoms with Crippen molar-refractivity contribution >= 4 is 9.84 Å². The quantitative estimate of drug-likeness (QED) is 0.698. The molecular weight excluding hydrogens is 356 g/mol. The first-order chi connectivity index (χ1) is 12.8. The van der Waals surface area contributed by atoms with Crippen molar-refractivity contribution in [3.63, 3.8) is 0 Å². The lowest BCUT2D eigenvalue weighted by atomic mass is 10.0. The molecule has 0 N–H and O–H groups in total. The molecule has 27 heavy (non-hydrogen) atoms. The zero-order chi connectivity index (χ0) is 19.9. The maximum atomic E-state index is 12.6. The number of nitriles is 2. The number of nitrogens with zero attached hydrogens (tertiary/aromatic N) is 2. The highest BCUT2D eigenvalue weighted by Gasteiger charge is 2.24. The maximum Gasteiger partial charge on any atom is 0.152 e. The zero-order valence-electron chi connectivity index (χ0n) is 15.7. The molecule has 0 aliphatic heterocycles. The van der Waals surface area contributed by atoms with E-state index in [0.717, 1.165) is 22.3 Å². The van der Waals surface area contributed by atoms with E-state index in [1.165, 1.54) is 0 Å². The van der Waals surface area contributed by atoms with E-state index in [-0.39, 0.29) is 11.5 Å². The van der Waals surface area contributed by atoms with Crippen molar-refractivity contribution in [2.75, 3.05) is 11.5 Å². The summed E-state index contributed by atoms with van der Waals surface area (Å²) in [7, 11) is -3.51. The van der Waals surface area contributed by atoms with Gasteiger partial charge in [0.1, 0.15) is 0 Å². The van der Waals surface area contributed by atoms with E-state index < -0.39 is 21.7 Å². The summed E-state index contributed by atoms with van der Waals surface area (Å²) >= 11 is 0. The Morgan fingerprint density at radius 1 is 0.741 bits per heavy atom. The highest BCUT2D eigenvalue weighted by molar-refractivity contribution is 7.91. The number of benzene rings is 2. The van der Waals surface area contributed by atoms with Gasteiger partial charge in [0.25, 0.3) is 0 Å². The van der Waals surface area contributed by atoms with Crippen LogP contribution in [-0.4, -0.2) is 19.9 Å². The summed E-state index contributed by atoms with van der Waals surface area (Å²) in [6.07, 6.45) is 0.788. The van der Waals surface area contributed by atoms with Crippen molar-refractivity contribution in [3.05, 3.63) is 70.8 Å². The van der Waals surface area contributed by atoms with E-state index in [2.05, 4.69) is 12.1 Å². The van der Waals surface area contributed by atoms with Gasteiger partial charge in [-0.3, -0.25) is 0 Å². The molecule has 0 fully saturated rings. The van der Waals surface area contributed by atoms with E-state index in [0.29, 0.717) is 12.8 Å². The van der Waals surface area contributed by atoms with Crippen molar-refractivity contribution in [3.8, 4) is 12.1 Å². The predicted molar refractivity (Wildman–Crippen MR) is 107 cm³/mol. The number of hydrogen-bond donors (Lipinski definition) is 0. The first kappa shape index (κ1) is 20.7. The number of rotatable bonds is 8. The standard InChI is InChI=1S/C22H24N2O2S/c1-17-3-7-19(8-4-17)11-21(13-23)15-27(25,26)16-22(14-24)12-20-9-5-18(2)6-10-20/h3-10,21-22H,11-12,15-16H2,1-2H3. The molecule has 0 heterocycles. The number of hydrogen-bond acceptors (Lipinski definition) is 4. The van der Waals surface area contributed by atoms with Crippen LogP contribution in [0.3, 0.4) is 0 Å². The largest absolute Gasteiger partial charge is 0.229 e. The fourth-order valence-corrected chi connectivity index (χ4v) is 4.73. The average molecular weight is 381 g/mol. The molecule has 2 aromatic rings. The van der Waals surface area contributed by atoms with E-state index in [1.54, 1.807) is 0 Å². The molecule has 2 rings (SSSR count). The minimum atomic E-state index is -3.51. The van der Waals surface area contributed by atoms with Crippen molar-refractivity contribution in [2.45, 2.75) is 26.7 Å². The Morgan fingerprint density at radius 3 is 1.37 bits per heavy atom. The van der Waals surface area contributed by atoms with Crippen molar-refractivity contribution in [1.82, 2.24) is 0 Å². The third-order valence-electron chi connectivity index (χ3n) is 4.48. The van der Waals surface area contributed by atoms with Gasteiger partial charge < -0.3 is 0 Å². The second-order valence-electron chi connectivity index (χ2n) is 7.11. The summed E-state index contributed by atoms with van der Waals surface area (Å²) in [5, 5.41) is 18.8. The van der Waals surface area contributed by atoms with Gasteiger partial charge in [-0.2, -0.15) is 10.5 Å². The van der Waals surface area contributed by atoms with E-state index in [4.69, 9.17) is 0 Å². The Hall–Kier alpha value is -2.63. The average Bonchev–Trinajstić information content (AvgIpc) is 2.63. The minimum Gasteiger partial charge on any atom is -0.229 e. The maximum absolute atomic E-state index is 12.6. The molecular formula is C22H24N2O2S. The lowest BCUT2D eigenvalue weighted by Gasteiger charge is -2.13. The lowest BCUT2D eigenvalue weighted by molar-refractivity contribution is 0.573. The van der Waals surface area contributed by atoms with Gasteiger partial charge >= 0.3 is 0 Å².